The topological polar surface area (TPSA) is 60.8 Å². The first-order chi connectivity index (χ1) is 37.5. The molecule has 0 N–H and O–H groups in total. The van der Waals surface area contributed by atoms with E-state index in [1.165, 1.54) is 188 Å². The maximum Gasteiger partial charge on any atom is 0.148 e. The van der Waals surface area contributed by atoms with Crippen LogP contribution in [0.25, 0.3) is 42.3 Å². The van der Waals surface area contributed by atoms with Crippen molar-refractivity contribution in [1.29, 1.82) is 0 Å². The molecule has 2 heterocycles. The molecule has 0 radical (unpaired) electrons. The van der Waals surface area contributed by atoms with Crippen molar-refractivity contribution in [3.05, 3.63) is 107 Å². The van der Waals surface area contributed by atoms with Gasteiger partial charge in [-0.2, -0.15) is 0 Å². The van der Waals surface area contributed by atoms with Gasteiger partial charge < -0.3 is 4.74 Å². The number of hydrogen-bond donors (Lipinski definition) is 0. The summed E-state index contributed by atoms with van der Waals surface area (Å²) in [7, 11) is -2.42. The molecule has 4 aromatic carbocycles. The minimum Gasteiger partial charge on any atom is -0.457 e. The Hall–Kier alpha value is -3.77. The van der Waals surface area contributed by atoms with Gasteiger partial charge in [-0.25, -0.2) is 0 Å². The monoisotopic (exact) mass is 1110 g/mol. The zero-order valence-corrected chi connectivity index (χ0v) is 53.4. The molecule has 0 spiro atoms. The van der Waals surface area contributed by atoms with Crippen molar-refractivity contribution < 1.29 is 4.74 Å². The Morgan fingerprint density at radius 3 is 0.987 bits per heavy atom. The SMILES string of the molecule is CCCCCCCCCCc1ccc(-c2nnc(-c3ccc(Oc4ccc(-c5nnc(-c6ccc(CCCCCCCCCC)cc6)s5)cc4CCCC[Si](C)(C)CCCC)c(CCCC[Si](C)(C)CCCC)c3)s2)cc1. The van der Waals surface area contributed by atoms with Gasteiger partial charge in [-0.3, -0.25) is 0 Å². The zero-order valence-electron chi connectivity index (χ0n) is 49.7. The summed E-state index contributed by atoms with van der Waals surface area (Å²) in [6.07, 6.45) is 36.0. The van der Waals surface area contributed by atoms with Gasteiger partial charge in [-0.15, -0.1) is 20.4 Å². The molecule has 6 rings (SSSR count). The van der Waals surface area contributed by atoms with E-state index in [2.05, 4.69) is 139 Å². The van der Waals surface area contributed by atoms with Crippen LogP contribution < -0.4 is 4.74 Å². The van der Waals surface area contributed by atoms with E-state index in [9.17, 15) is 0 Å². The van der Waals surface area contributed by atoms with Crippen LogP contribution in [0.15, 0.2) is 84.9 Å². The standard InChI is InChI=1S/C68H102N4OS2Si2/c1-9-13-17-19-21-23-25-27-33-55-37-41-57(42-38-55)65-69-71-67(74-65)61-45-47-63(59(53-61)35-29-31-51-76(5,6)49-15-11-3)73-64-48-46-62(54-60(64)36-30-32-52-77(7,8)50-16-12-4)68-72-70-66(75-68)58-43-39-56(40-44-58)34-28-26-24-22-20-18-14-10-2/h37-48,53-54H,9-36,49-52H2,1-8H3. The van der Waals surface area contributed by atoms with E-state index < -0.39 is 16.1 Å². The number of aromatic nitrogens is 4. The normalized spacial score (nSPS) is 12.0. The van der Waals surface area contributed by atoms with Gasteiger partial charge in [0.1, 0.15) is 31.5 Å². The molecule has 2 aromatic heterocycles. The molecule has 420 valence electrons. The highest BCUT2D eigenvalue weighted by atomic mass is 32.1. The predicted octanol–water partition coefficient (Wildman–Crippen LogP) is 22.9. The largest absolute Gasteiger partial charge is 0.457 e. The predicted molar refractivity (Wildman–Crippen MR) is 344 cm³/mol. The maximum atomic E-state index is 7.17. The minimum absolute atomic E-state index is 0.958. The highest BCUT2D eigenvalue weighted by molar-refractivity contribution is 7.18. The van der Waals surface area contributed by atoms with Crippen LogP contribution in [-0.4, -0.2) is 36.5 Å². The molecule has 0 atom stereocenters. The second-order valence-corrected chi connectivity index (χ2v) is 37.0. The summed E-state index contributed by atoms with van der Waals surface area (Å²) < 4.78 is 7.17. The van der Waals surface area contributed by atoms with Gasteiger partial charge in [0.05, 0.1) is 0 Å². The minimum atomic E-state index is -1.21. The van der Waals surface area contributed by atoms with Crippen molar-refractivity contribution in [3.8, 4) is 53.8 Å². The highest BCUT2D eigenvalue weighted by Gasteiger charge is 2.22. The van der Waals surface area contributed by atoms with E-state index in [0.29, 0.717) is 0 Å². The Balaban J connectivity index is 1.18. The van der Waals surface area contributed by atoms with E-state index in [1.807, 2.05) is 0 Å². The summed E-state index contributed by atoms with van der Waals surface area (Å²) in [5.41, 5.74) is 9.89. The fourth-order valence-corrected chi connectivity index (χ4v) is 18.2. The summed E-state index contributed by atoms with van der Waals surface area (Å²) in [5.74, 6) is 1.92. The lowest BCUT2D eigenvalue weighted by molar-refractivity contribution is 0.468. The molecule has 6 aromatic rings. The second kappa shape index (κ2) is 34.4. The number of unbranched alkanes of at least 4 members (excludes halogenated alkanes) is 18. The third-order valence-corrected chi connectivity index (χ3v) is 25.1. The first-order valence-electron chi connectivity index (χ1n) is 31.3. The lowest BCUT2D eigenvalue weighted by Gasteiger charge is -2.22. The number of ether oxygens (including phenoxy) is 1. The molecule has 0 aliphatic rings. The van der Waals surface area contributed by atoms with Gasteiger partial charge in [-0.05, 0) is 110 Å². The van der Waals surface area contributed by atoms with Gasteiger partial charge in [-0.1, -0.05) is 278 Å². The number of nitrogens with zero attached hydrogens (tertiary/aromatic N) is 4. The average Bonchev–Trinajstić information content (AvgIpc) is 4.17. The summed E-state index contributed by atoms with van der Waals surface area (Å²) in [6.45, 7) is 19.6. The van der Waals surface area contributed by atoms with Gasteiger partial charge in [0, 0.05) is 38.4 Å². The summed E-state index contributed by atoms with van der Waals surface area (Å²) >= 11 is 3.39. The van der Waals surface area contributed by atoms with E-state index in [-0.39, 0.29) is 0 Å². The molecule has 0 saturated carbocycles. The average molecular weight is 1110 g/mol. The van der Waals surface area contributed by atoms with Crippen LogP contribution in [0.4, 0.5) is 0 Å². The summed E-state index contributed by atoms with van der Waals surface area (Å²) in [6, 6.07) is 37.3. The number of hydrogen-bond acceptors (Lipinski definition) is 7. The number of benzene rings is 4. The van der Waals surface area contributed by atoms with Crippen LogP contribution in [0.2, 0.25) is 50.4 Å². The van der Waals surface area contributed by atoms with Crippen LogP contribution >= 0.6 is 22.7 Å². The molecule has 9 heteroatoms. The lowest BCUT2D eigenvalue weighted by atomic mass is 10.0. The van der Waals surface area contributed by atoms with Crippen LogP contribution in [-0.2, 0) is 25.7 Å². The molecule has 0 amide bonds. The molecule has 0 aliphatic heterocycles. The van der Waals surface area contributed by atoms with Crippen molar-refractivity contribution in [2.24, 2.45) is 0 Å². The van der Waals surface area contributed by atoms with Crippen molar-refractivity contribution in [2.45, 2.75) is 258 Å². The Morgan fingerprint density at radius 2 is 0.623 bits per heavy atom. The maximum absolute atomic E-state index is 7.17. The molecule has 5 nitrogen and oxygen atoms in total. The van der Waals surface area contributed by atoms with Crippen molar-refractivity contribution in [2.75, 3.05) is 0 Å². The van der Waals surface area contributed by atoms with Gasteiger partial charge in [0.15, 0.2) is 0 Å². The number of aryl methyl sites for hydroxylation is 4. The van der Waals surface area contributed by atoms with Gasteiger partial charge in [0.25, 0.3) is 0 Å². The van der Waals surface area contributed by atoms with E-state index in [0.717, 1.165) is 92.3 Å². The Kier molecular flexibility index (Phi) is 27.9. The van der Waals surface area contributed by atoms with Crippen LogP contribution in [0.1, 0.15) is 204 Å². The quantitative estimate of drug-likeness (QED) is 0.0283. The van der Waals surface area contributed by atoms with Gasteiger partial charge >= 0.3 is 0 Å². The lowest BCUT2D eigenvalue weighted by Crippen LogP contribution is -2.24. The zero-order chi connectivity index (χ0) is 54.6. The van der Waals surface area contributed by atoms with Crippen molar-refractivity contribution in [3.63, 3.8) is 0 Å². The molecule has 0 fully saturated rings. The van der Waals surface area contributed by atoms with E-state index >= 15 is 0 Å². The van der Waals surface area contributed by atoms with Crippen molar-refractivity contribution >= 4 is 38.8 Å². The van der Waals surface area contributed by atoms with E-state index in [4.69, 9.17) is 25.1 Å². The van der Waals surface area contributed by atoms with Crippen LogP contribution in [0.3, 0.4) is 0 Å². The fourth-order valence-electron chi connectivity index (χ4n) is 11.0. The van der Waals surface area contributed by atoms with Crippen molar-refractivity contribution in [1.82, 2.24) is 20.4 Å². The van der Waals surface area contributed by atoms with Crippen LogP contribution in [0.5, 0.6) is 11.5 Å². The Labute approximate surface area is 479 Å². The molecule has 0 aliphatic carbocycles. The molecule has 0 saturated heterocycles. The molecular formula is C68H102N4OS2Si2. The number of rotatable bonds is 40. The Morgan fingerprint density at radius 1 is 0.325 bits per heavy atom. The van der Waals surface area contributed by atoms with Gasteiger partial charge in [0.2, 0.25) is 0 Å². The molecule has 0 unspecified atom stereocenters. The third-order valence-electron chi connectivity index (χ3n) is 16.2. The summed E-state index contributed by atoms with van der Waals surface area (Å²) in [4.78, 5) is 0. The Bertz CT molecular complexity index is 2370. The summed E-state index contributed by atoms with van der Waals surface area (Å²) in [5, 5.41) is 23.0. The molecule has 77 heavy (non-hydrogen) atoms. The first-order valence-corrected chi connectivity index (χ1v) is 39.8. The van der Waals surface area contributed by atoms with E-state index in [1.54, 1.807) is 22.7 Å². The first kappa shape index (κ1) is 62.4. The smallest absolute Gasteiger partial charge is 0.148 e. The second-order valence-electron chi connectivity index (χ2n) is 24.4. The highest BCUT2D eigenvalue weighted by Crippen LogP contribution is 2.39. The molecular weight excluding hydrogens is 1010 g/mol. The third kappa shape index (κ3) is 22.4. The molecule has 0 bridgehead atoms. The fraction of sp³-hybridized carbons (Fsp3) is 0.588. The van der Waals surface area contributed by atoms with Crippen LogP contribution in [0, 0.1) is 0 Å².